The fourth-order valence-electron chi connectivity index (χ4n) is 3.49. The van der Waals surface area contributed by atoms with E-state index in [2.05, 4.69) is 77.8 Å². The van der Waals surface area contributed by atoms with Crippen molar-refractivity contribution in [3.63, 3.8) is 0 Å². The summed E-state index contributed by atoms with van der Waals surface area (Å²) in [6, 6.07) is 14.0. The standard InChI is InChI=1S/C22H23N4S.Ir/c1-13(2)17-7-6-8-18(14(3)4)21(17)26-12-23-25-22(26)16-9-10-19-20(11-16)27-15(5)24-19;/h6-8,10-14H,1-5H3;/q-1;. The van der Waals surface area contributed by atoms with E-state index >= 15 is 0 Å². The molecule has 0 amide bonds. The maximum Gasteiger partial charge on any atom is 0.114 e. The van der Waals surface area contributed by atoms with Crippen LogP contribution in [0.15, 0.2) is 36.7 Å². The zero-order valence-corrected chi connectivity index (χ0v) is 19.9. The van der Waals surface area contributed by atoms with Crippen LogP contribution in [-0.4, -0.2) is 19.7 Å². The van der Waals surface area contributed by atoms with Crippen molar-refractivity contribution >= 4 is 21.6 Å². The van der Waals surface area contributed by atoms with Gasteiger partial charge in [-0.2, -0.15) is 5.10 Å². The summed E-state index contributed by atoms with van der Waals surface area (Å²) < 4.78 is 3.27. The van der Waals surface area contributed by atoms with Crippen LogP contribution in [0.2, 0.25) is 0 Å². The molecule has 4 aromatic rings. The maximum absolute atomic E-state index is 4.54. The number of fused-ring (bicyclic) bond motifs is 1. The first kappa shape index (κ1) is 20.8. The van der Waals surface area contributed by atoms with Gasteiger partial charge in [0.15, 0.2) is 0 Å². The average Bonchev–Trinajstić information content (AvgIpc) is 3.25. The second kappa shape index (κ2) is 8.24. The van der Waals surface area contributed by atoms with Gasteiger partial charge in [0.25, 0.3) is 0 Å². The van der Waals surface area contributed by atoms with E-state index in [9.17, 15) is 0 Å². The van der Waals surface area contributed by atoms with Crippen LogP contribution < -0.4 is 0 Å². The topological polar surface area (TPSA) is 43.6 Å². The minimum Gasteiger partial charge on any atom is -0.322 e. The zero-order chi connectivity index (χ0) is 19.1. The fourth-order valence-corrected chi connectivity index (χ4v) is 4.33. The molecule has 0 saturated heterocycles. The van der Waals surface area contributed by atoms with Crippen LogP contribution >= 0.6 is 11.3 Å². The Balaban J connectivity index is 0.00000225. The first-order valence-corrected chi connectivity index (χ1v) is 10.1. The fraction of sp³-hybridized carbons (Fsp3) is 0.318. The molecule has 28 heavy (non-hydrogen) atoms. The number of rotatable bonds is 4. The van der Waals surface area contributed by atoms with Crippen LogP contribution in [0.1, 0.15) is 55.7 Å². The Labute approximate surface area is 183 Å². The van der Waals surface area contributed by atoms with Crippen molar-refractivity contribution in [3.8, 4) is 17.1 Å². The average molecular weight is 568 g/mol. The third kappa shape index (κ3) is 3.69. The molecule has 6 heteroatoms. The van der Waals surface area contributed by atoms with Gasteiger partial charge in [0.2, 0.25) is 0 Å². The summed E-state index contributed by atoms with van der Waals surface area (Å²) in [5.74, 6) is 1.63. The van der Waals surface area contributed by atoms with Crippen LogP contribution in [0.3, 0.4) is 0 Å². The quantitative estimate of drug-likeness (QED) is 0.289. The zero-order valence-electron chi connectivity index (χ0n) is 16.6. The van der Waals surface area contributed by atoms with E-state index in [-0.39, 0.29) is 20.1 Å². The summed E-state index contributed by atoms with van der Waals surface area (Å²) in [4.78, 5) is 4.54. The van der Waals surface area contributed by atoms with Crippen molar-refractivity contribution in [3.05, 3.63) is 58.9 Å². The minimum absolute atomic E-state index is 0. The van der Waals surface area contributed by atoms with E-state index in [1.807, 2.05) is 19.3 Å². The van der Waals surface area contributed by atoms with Gasteiger partial charge < -0.3 is 4.57 Å². The number of para-hydroxylation sites is 1. The van der Waals surface area contributed by atoms with Gasteiger partial charge in [0.05, 0.1) is 10.8 Å². The molecule has 0 atom stereocenters. The van der Waals surface area contributed by atoms with Crippen LogP contribution in [0.4, 0.5) is 0 Å². The monoisotopic (exact) mass is 568 g/mol. The van der Waals surface area contributed by atoms with Gasteiger partial charge >= 0.3 is 0 Å². The Hall–Kier alpha value is -1.88. The summed E-state index contributed by atoms with van der Waals surface area (Å²) >= 11 is 1.69. The van der Waals surface area contributed by atoms with Gasteiger partial charge in [-0.15, -0.1) is 40.2 Å². The summed E-state index contributed by atoms with van der Waals surface area (Å²) in [7, 11) is 0. The molecule has 2 aromatic heterocycles. The maximum atomic E-state index is 4.54. The van der Waals surface area contributed by atoms with Crippen molar-refractivity contribution in [2.24, 2.45) is 0 Å². The van der Waals surface area contributed by atoms with E-state index < -0.39 is 0 Å². The minimum atomic E-state index is 0. The molecule has 147 valence electrons. The number of benzene rings is 2. The van der Waals surface area contributed by atoms with Gasteiger partial charge in [-0.3, -0.25) is 4.98 Å². The molecule has 0 saturated carbocycles. The molecule has 0 aliphatic carbocycles. The Kier molecular flexibility index (Phi) is 6.13. The van der Waals surface area contributed by atoms with Gasteiger partial charge in [-0.05, 0) is 40.1 Å². The number of aromatic nitrogens is 4. The molecular weight excluding hydrogens is 545 g/mol. The smallest absolute Gasteiger partial charge is 0.114 e. The molecule has 2 heterocycles. The predicted molar refractivity (Wildman–Crippen MR) is 112 cm³/mol. The number of hydrogen-bond acceptors (Lipinski definition) is 4. The largest absolute Gasteiger partial charge is 0.322 e. The van der Waals surface area contributed by atoms with Crippen molar-refractivity contribution < 1.29 is 20.1 Å². The van der Waals surface area contributed by atoms with Gasteiger partial charge in [-0.25, -0.2) is 0 Å². The van der Waals surface area contributed by atoms with Gasteiger partial charge in [0.1, 0.15) is 6.33 Å². The molecule has 0 aliphatic heterocycles. The number of aryl methyl sites for hydroxylation is 1. The van der Waals surface area contributed by atoms with E-state index in [0.717, 1.165) is 26.6 Å². The van der Waals surface area contributed by atoms with Crippen LogP contribution in [-0.2, 0) is 20.1 Å². The first-order valence-electron chi connectivity index (χ1n) is 9.28. The van der Waals surface area contributed by atoms with Gasteiger partial charge in [0, 0.05) is 25.8 Å². The predicted octanol–water partition coefficient (Wildman–Crippen LogP) is 5.90. The molecule has 0 fully saturated rings. The molecule has 0 aliphatic rings. The number of nitrogens with zero attached hydrogens (tertiary/aromatic N) is 4. The Morgan fingerprint density at radius 1 is 1.07 bits per heavy atom. The van der Waals surface area contributed by atoms with Crippen LogP contribution in [0, 0.1) is 13.0 Å². The van der Waals surface area contributed by atoms with Crippen molar-refractivity contribution in [1.29, 1.82) is 0 Å². The Morgan fingerprint density at radius 2 is 1.75 bits per heavy atom. The van der Waals surface area contributed by atoms with E-state index in [1.165, 1.54) is 16.8 Å². The summed E-state index contributed by atoms with van der Waals surface area (Å²) in [6.07, 6.45) is 1.82. The molecule has 0 N–H and O–H groups in total. The van der Waals surface area contributed by atoms with E-state index in [4.69, 9.17) is 0 Å². The van der Waals surface area contributed by atoms with Gasteiger partial charge in [-0.1, -0.05) is 45.9 Å². The number of hydrogen-bond donors (Lipinski definition) is 0. The Morgan fingerprint density at radius 3 is 2.39 bits per heavy atom. The SMILES string of the molecule is Cc1nc2c[c-]c(-c3nncn3-c3c(C(C)C)cccc3C(C)C)cc2s1.[Ir]. The van der Waals surface area contributed by atoms with Crippen molar-refractivity contribution in [2.75, 3.05) is 0 Å². The third-order valence-electron chi connectivity index (χ3n) is 4.80. The molecular formula is C22H23IrN4S-. The normalized spacial score (nSPS) is 11.4. The van der Waals surface area contributed by atoms with Crippen LogP contribution in [0.5, 0.6) is 0 Å². The second-order valence-corrected chi connectivity index (χ2v) is 8.68. The van der Waals surface area contributed by atoms with Crippen LogP contribution in [0.25, 0.3) is 27.3 Å². The first-order chi connectivity index (χ1) is 13.0. The number of thiazole rings is 1. The molecule has 4 nitrogen and oxygen atoms in total. The molecule has 0 bridgehead atoms. The van der Waals surface area contributed by atoms with E-state index in [1.54, 1.807) is 11.3 Å². The second-order valence-electron chi connectivity index (χ2n) is 7.45. The molecule has 0 spiro atoms. The Bertz CT molecular complexity index is 1080. The molecule has 1 radical (unpaired) electrons. The molecule has 2 aromatic carbocycles. The summed E-state index contributed by atoms with van der Waals surface area (Å²) in [5.41, 5.74) is 5.72. The summed E-state index contributed by atoms with van der Waals surface area (Å²) in [5, 5.41) is 9.74. The molecule has 0 unspecified atom stereocenters. The summed E-state index contributed by atoms with van der Waals surface area (Å²) in [6.45, 7) is 10.9. The van der Waals surface area contributed by atoms with Crippen molar-refractivity contribution in [1.82, 2.24) is 19.7 Å². The van der Waals surface area contributed by atoms with E-state index in [0.29, 0.717) is 11.8 Å². The third-order valence-corrected chi connectivity index (χ3v) is 5.73. The molecule has 4 rings (SSSR count). The van der Waals surface area contributed by atoms with Crippen molar-refractivity contribution in [2.45, 2.75) is 46.5 Å².